The largest absolute Gasteiger partial charge is 0.480 e. The van der Waals surface area contributed by atoms with Crippen LogP contribution < -0.4 is 5.32 Å². The second-order valence-corrected chi connectivity index (χ2v) is 7.99. The van der Waals surface area contributed by atoms with Gasteiger partial charge in [-0.25, -0.2) is 13.2 Å². The maximum Gasteiger partial charge on any atom is 0.329 e. The zero-order valence-electron chi connectivity index (χ0n) is 14.5. The average Bonchev–Trinajstić information content (AvgIpc) is 3.15. The average molecular weight is 384 g/mol. The molecule has 0 bridgehead atoms. The fourth-order valence-corrected chi connectivity index (χ4v) is 4.19. The first-order valence-corrected chi connectivity index (χ1v) is 9.99. The topological polar surface area (TPSA) is 113 Å². The summed E-state index contributed by atoms with van der Waals surface area (Å²) in [7, 11) is -3.41. The number of carbonyl (C=O) groups excluding carboxylic acids is 1. The van der Waals surface area contributed by atoms with Gasteiger partial charge in [0, 0.05) is 26.1 Å². The minimum atomic E-state index is -3.41. The summed E-state index contributed by atoms with van der Waals surface area (Å²) in [5.74, 6) is -1.22. The smallest absolute Gasteiger partial charge is 0.329 e. The fraction of sp³-hybridized carbons (Fsp3) is 0.529. The van der Waals surface area contributed by atoms with Gasteiger partial charge in [-0.1, -0.05) is 12.1 Å². The summed E-state index contributed by atoms with van der Waals surface area (Å²) >= 11 is 0. The summed E-state index contributed by atoms with van der Waals surface area (Å²) < 4.78 is 31.2. The lowest BCUT2D eigenvalue weighted by Crippen LogP contribution is -2.28. The lowest BCUT2D eigenvalue weighted by atomic mass is 10.1. The van der Waals surface area contributed by atoms with Crippen LogP contribution in [-0.4, -0.2) is 62.6 Å². The molecule has 9 heteroatoms. The summed E-state index contributed by atoms with van der Waals surface area (Å²) in [5.41, 5.74) is 0.877. The summed E-state index contributed by atoms with van der Waals surface area (Å²) in [4.78, 5) is 22.3. The van der Waals surface area contributed by atoms with Gasteiger partial charge in [0.1, 0.15) is 6.61 Å². The van der Waals surface area contributed by atoms with Gasteiger partial charge in [-0.2, -0.15) is 4.31 Å². The molecule has 0 atom stereocenters. The number of sulfonamides is 1. The van der Waals surface area contributed by atoms with Crippen LogP contribution in [0, 0.1) is 0 Å². The molecular weight excluding hydrogens is 360 g/mol. The van der Waals surface area contributed by atoms with Gasteiger partial charge in [0.05, 0.1) is 11.5 Å². The Morgan fingerprint density at radius 2 is 1.81 bits per heavy atom. The van der Waals surface area contributed by atoms with Crippen LogP contribution >= 0.6 is 0 Å². The fourth-order valence-electron chi connectivity index (χ4n) is 2.67. The molecule has 2 N–H and O–H groups in total. The molecule has 1 aromatic rings. The minimum absolute atomic E-state index is 0.140. The Labute approximate surface area is 153 Å². The molecule has 144 valence electrons. The molecule has 0 aliphatic carbocycles. The number of nitrogens with one attached hydrogen (secondary N) is 1. The van der Waals surface area contributed by atoms with Crippen molar-refractivity contribution >= 4 is 21.9 Å². The van der Waals surface area contributed by atoms with Crippen LogP contribution in [0.1, 0.15) is 24.8 Å². The highest BCUT2D eigenvalue weighted by molar-refractivity contribution is 7.89. The third kappa shape index (κ3) is 6.08. The number of carbonyl (C=O) groups is 2. The van der Waals surface area contributed by atoms with E-state index in [0.717, 1.165) is 18.4 Å². The van der Waals surface area contributed by atoms with Crippen LogP contribution in [0.4, 0.5) is 0 Å². The van der Waals surface area contributed by atoms with E-state index >= 15 is 0 Å². The molecule has 1 aliphatic rings. The second-order valence-electron chi connectivity index (χ2n) is 6.05. The standard InChI is InChI=1S/C17H24N2O6S/c20-16(18-9-12-25-13-17(21)22)8-5-14-3-6-15(7-4-14)26(23,24)19-10-1-2-11-19/h3-4,6-7H,1-2,5,8-13H2,(H,18,20)(H,21,22). The number of hydrogen-bond donors (Lipinski definition) is 2. The van der Waals surface area contributed by atoms with E-state index in [1.807, 2.05) is 0 Å². The van der Waals surface area contributed by atoms with Crippen molar-refractivity contribution in [2.75, 3.05) is 32.8 Å². The maximum atomic E-state index is 12.4. The molecule has 0 radical (unpaired) electrons. The zero-order valence-corrected chi connectivity index (χ0v) is 15.3. The Bertz CT molecular complexity index is 711. The van der Waals surface area contributed by atoms with E-state index in [0.29, 0.717) is 19.5 Å². The first-order chi connectivity index (χ1) is 12.4. The number of amides is 1. The predicted molar refractivity (Wildman–Crippen MR) is 94.2 cm³/mol. The molecule has 0 saturated carbocycles. The maximum absolute atomic E-state index is 12.4. The third-order valence-corrected chi connectivity index (χ3v) is 5.97. The van der Waals surface area contributed by atoms with E-state index in [2.05, 4.69) is 5.32 Å². The molecule has 0 aromatic heterocycles. The molecule has 1 fully saturated rings. The Hall–Kier alpha value is -1.97. The SMILES string of the molecule is O=C(O)COCCNC(=O)CCc1ccc(S(=O)(=O)N2CCCC2)cc1. The van der Waals surface area contributed by atoms with Crippen molar-refractivity contribution in [3.05, 3.63) is 29.8 Å². The van der Waals surface area contributed by atoms with Crippen LogP contribution in [0.5, 0.6) is 0 Å². The van der Waals surface area contributed by atoms with Crippen LogP contribution in [-0.2, 0) is 30.8 Å². The van der Waals surface area contributed by atoms with E-state index in [9.17, 15) is 18.0 Å². The highest BCUT2D eigenvalue weighted by Crippen LogP contribution is 2.21. The molecule has 8 nitrogen and oxygen atoms in total. The van der Waals surface area contributed by atoms with Crippen LogP contribution in [0.3, 0.4) is 0 Å². The molecule has 1 amide bonds. The number of ether oxygens (including phenoxy) is 1. The quantitative estimate of drug-likeness (QED) is 0.572. The van der Waals surface area contributed by atoms with E-state index in [1.165, 1.54) is 4.31 Å². The Balaban J connectivity index is 1.75. The Morgan fingerprint density at radius 3 is 2.42 bits per heavy atom. The van der Waals surface area contributed by atoms with Gasteiger partial charge < -0.3 is 15.2 Å². The molecule has 1 aromatic carbocycles. The molecule has 1 aliphatic heterocycles. The lowest BCUT2D eigenvalue weighted by Gasteiger charge is -2.15. The van der Waals surface area contributed by atoms with Gasteiger partial charge >= 0.3 is 5.97 Å². The zero-order chi connectivity index (χ0) is 19.0. The number of carboxylic acid groups (broad SMARTS) is 1. The monoisotopic (exact) mass is 384 g/mol. The number of nitrogens with zero attached hydrogens (tertiary/aromatic N) is 1. The van der Waals surface area contributed by atoms with E-state index in [-0.39, 0.29) is 37.0 Å². The van der Waals surface area contributed by atoms with Crippen molar-refractivity contribution in [3.63, 3.8) is 0 Å². The Morgan fingerprint density at radius 1 is 1.15 bits per heavy atom. The van der Waals surface area contributed by atoms with Crippen molar-refractivity contribution in [2.45, 2.75) is 30.6 Å². The molecule has 0 unspecified atom stereocenters. The van der Waals surface area contributed by atoms with E-state index in [4.69, 9.17) is 9.84 Å². The number of hydrogen-bond acceptors (Lipinski definition) is 5. The van der Waals surface area contributed by atoms with Gasteiger partial charge in [0.15, 0.2) is 0 Å². The molecule has 26 heavy (non-hydrogen) atoms. The van der Waals surface area contributed by atoms with Crippen LogP contribution in [0.15, 0.2) is 29.2 Å². The molecule has 0 spiro atoms. The van der Waals surface area contributed by atoms with Crippen molar-refractivity contribution in [1.29, 1.82) is 0 Å². The normalized spacial score (nSPS) is 15.1. The highest BCUT2D eigenvalue weighted by Gasteiger charge is 2.26. The van der Waals surface area contributed by atoms with Crippen molar-refractivity contribution in [2.24, 2.45) is 0 Å². The number of benzene rings is 1. The highest BCUT2D eigenvalue weighted by atomic mass is 32.2. The van der Waals surface area contributed by atoms with Crippen molar-refractivity contribution in [1.82, 2.24) is 9.62 Å². The Kier molecular flexibility index (Phi) is 7.55. The third-order valence-electron chi connectivity index (χ3n) is 4.06. The summed E-state index contributed by atoms with van der Waals surface area (Å²) in [5, 5.41) is 11.1. The van der Waals surface area contributed by atoms with Gasteiger partial charge in [0.2, 0.25) is 15.9 Å². The van der Waals surface area contributed by atoms with E-state index < -0.39 is 16.0 Å². The second kappa shape index (κ2) is 9.65. The number of aryl methyl sites for hydroxylation is 1. The molecule has 1 saturated heterocycles. The van der Waals surface area contributed by atoms with Crippen molar-refractivity contribution in [3.8, 4) is 0 Å². The van der Waals surface area contributed by atoms with E-state index in [1.54, 1.807) is 24.3 Å². The van der Waals surface area contributed by atoms with Gasteiger partial charge in [-0.05, 0) is 37.0 Å². The minimum Gasteiger partial charge on any atom is -0.480 e. The molecular formula is C17H24N2O6S. The number of rotatable bonds is 10. The number of carboxylic acids is 1. The summed E-state index contributed by atoms with van der Waals surface area (Å²) in [6.45, 7) is 1.14. The molecule has 2 rings (SSSR count). The number of aliphatic carboxylic acids is 1. The lowest BCUT2D eigenvalue weighted by molar-refractivity contribution is -0.142. The van der Waals surface area contributed by atoms with Gasteiger partial charge in [0.25, 0.3) is 0 Å². The van der Waals surface area contributed by atoms with Gasteiger partial charge in [-0.3, -0.25) is 4.79 Å². The predicted octanol–water partition coefficient (Wildman–Crippen LogP) is 0.621. The summed E-state index contributed by atoms with van der Waals surface area (Å²) in [6.07, 6.45) is 2.55. The molecule has 1 heterocycles. The first kappa shape index (κ1) is 20.3. The summed E-state index contributed by atoms with van der Waals surface area (Å²) in [6, 6.07) is 6.62. The van der Waals surface area contributed by atoms with Crippen LogP contribution in [0.2, 0.25) is 0 Å². The van der Waals surface area contributed by atoms with Crippen molar-refractivity contribution < 1.29 is 27.9 Å². The van der Waals surface area contributed by atoms with Gasteiger partial charge in [-0.15, -0.1) is 0 Å². The first-order valence-electron chi connectivity index (χ1n) is 8.55. The van der Waals surface area contributed by atoms with Crippen LogP contribution in [0.25, 0.3) is 0 Å².